The zero-order valence-electron chi connectivity index (χ0n) is 17.6. The average molecular weight is 411 g/mol. The number of carbonyl (C=O) groups excluding carboxylic acids is 2. The molecule has 3 rings (SSSR count). The van der Waals surface area contributed by atoms with Crippen molar-refractivity contribution in [3.8, 4) is 5.75 Å². The van der Waals surface area contributed by atoms with Gasteiger partial charge in [-0.15, -0.1) is 0 Å². The van der Waals surface area contributed by atoms with Crippen molar-refractivity contribution in [3.63, 3.8) is 0 Å². The van der Waals surface area contributed by atoms with E-state index in [9.17, 15) is 9.59 Å². The van der Waals surface area contributed by atoms with Crippen LogP contribution < -0.4 is 15.4 Å². The number of hydrogen-bond donors (Lipinski definition) is 2. The molecule has 2 N–H and O–H groups in total. The maximum atomic E-state index is 12.4. The Kier molecular flexibility index (Phi) is 7.85. The highest BCUT2D eigenvalue weighted by Gasteiger charge is 2.17. The smallest absolute Gasteiger partial charge is 0.262 e. The van der Waals surface area contributed by atoms with Crippen LogP contribution in [-0.2, 0) is 9.53 Å². The van der Waals surface area contributed by atoms with Crippen molar-refractivity contribution in [1.29, 1.82) is 0 Å². The quantitative estimate of drug-likeness (QED) is 0.652. The molecule has 0 aliphatic carbocycles. The SMILES string of the molecule is CCC(C)c1ccccc1OCC(=O)Nc1cccc(C(=O)NCC2CCCO2)c1. The summed E-state index contributed by atoms with van der Waals surface area (Å²) in [7, 11) is 0. The van der Waals surface area contributed by atoms with Gasteiger partial charge in [-0.2, -0.15) is 0 Å². The Morgan fingerprint density at radius 3 is 2.80 bits per heavy atom. The molecule has 0 saturated carbocycles. The first-order valence-electron chi connectivity index (χ1n) is 10.6. The fourth-order valence-electron chi connectivity index (χ4n) is 3.43. The third-order valence-corrected chi connectivity index (χ3v) is 5.34. The Morgan fingerprint density at radius 2 is 2.03 bits per heavy atom. The fourth-order valence-corrected chi connectivity index (χ4v) is 3.43. The monoisotopic (exact) mass is 410 g/mol. The first kappa shape index (κ1) is 21.8. The maximum absolute atomic E-state index is 12.4. The molecule has 1 fully saturated rings. The summed E-state index contributed by atoms with van der Waals surface area (Å²) in [5.74, 6) is 0.629. The summed E-state index contributed by atoms with van der Waals surface area (Å²) in [6.07, 6.45) is 3.09. The highest BCUT2D eigenvalue weighted by atomic mass is 16.5. The lowest BCUT2D eigenvalue weighted by molar-refractivity contribution is -0.118. The van der Waals surface area contributed by atoms with E-state index in [-0.39, 0.29) is 24.5 Å². The van der Waals surface area contributed by atoms with E-state index >= 15 is 0 Å². The highest BCUT2D eigenvalue weighted by molar-refractivity contribution is 5.97. The highest BCUT2D eigenvalue weighted by Crippen LogP contribution is 2.28. The van der Waals surface area contributed by atoms with Crippen LogP contribution in [-0.4, -0.2) is 37.7 Å². The van der Waals surface area contributed by atoms with E-state index in [2.05, 4.69) is 24.5 Å². The minimum atomic E-state index is -0.272. The predicted octanol–water partition coefficient (Wildman–Crippen LogP) is 4.13. The molecule has 0 aromatic heterocycles. The number of carbonyl (C=O) groups is 2. The summed E-state index contributed by atoms with van der Waals surface area (Å²) in [5.41, 5.74) is 2.15. The van der Waals surface area contributed by atoms with Gasteiger partial charge in [0.2, 0.25) is 0 Å². The van der Waals surface area contributed by atoms with Gasteiger partial charge >= 0.3 is 0 Å². The predicted molar refractivity (Wildman–Crippen MR) is 117 cm³/mol. The number of ether oxygens (including phenoxy) is 2. The molecule has 6 nitrogen and oxygen atoms in total. The third kappa shape index (κ3) is 6.07. The molecule has 2 amide bonds. The molecule has 2 atom stereocenters. The van der Waals surface area contributed by atoms with Crippen molar-refractivity contribution < 1.29 is 19.1 Å². The molecule has 1 saturated heterocycles. The van der Waals surface area contributed by atoms with Crippen LogP contribution in [0.25, 0.3) is 0 Å². The number of anilines is 1. The summed E-state index contributed by atoms with van der Waals surface area (Å²) < 4.78 is 11.3. The van der Waals surface area contributed by atoms with Crippen molar-refractivity contribution in [2.45, 2.75) is 45.1 Å². The van der Waals surface area contributed by atoms with Crippen molar-refractivity contribution in [3.05, 3.63) is 59.7 Å². The van der Waals surface area contributed by atoms with Gasteiger partial charge in [-0.05, 0) is 55.0 Å². The second-order valence-corrected chi connectivity index (χ2v) is 7.61. The van der Waals surface area contributed by atoms with Gasteiger partial charge in [-0.25, -0.2) is 0 Å². The maximum Gasteiger partial charge on any atom is 0.262 e. The number of benzene rings is 2. The Balaban J connectivity index is 1.53. The normalized spacial score (nSPS) is 16.7. The van der Waals surface area contributed by atoms with Crippen LogP contribution in [0.5, 0.6) is 5.75 Å². The largest absolute Gasteiger partial charge is 0.483 e. The Labute approximate surface area is 178 Å². The van der Waals surface area contributed by atoms with Crippen LogP contribution in [0, 0.1) is 0 Å². The Bertz CT molecular complexity index is 862. The molecule has 2 unspecified atom stereocenters. The first-order valence-corrected chi connectivity index (χ1v) is 10.6. The number of nitrogens with one attached hydrogen (secondary N) is 2. The molecule has 0 bridgehead atoms. The van der Waals surface area contributed by atoms with Crippen LogP contribution in [0.4, 0.5) is 5.69 Å². The van der Waals surface area contributed by atoms with Crippen LogP contribution in [0.3, 0.4) is 0 Å². The second kappa shape index (κ2) is 10.8. The number of rotatable bonds is 9. The standard InChI is InChI=1S/C24H30N2O4/c1-3-17(2)21-11-4-5-12-22(21)30-16-23(27)26-19-9-6-8-18(14-19)24(28)25-15-20-10-7-13-29-20/h4-6,8-9,11-12,14,17,20H,3,7,10,13,15-16H2,1-2H3,(H,25,28)(H,26,27). The molecule has 0 spiro atoms. The number of amides is 2. The van der Waals surface area contributed by atoms with Crippen molar-refractivity contribution in [2.75, 3.05) is 25.1 Å². The third-order valence-electron chi connectivity index (χ3n) is 5.34. The molecule has 30 heavy (non-hydrogen) atoms. The minimum Gasteiger partial charge on any atom is -0.483 e. The lowest BCUT2D eigenvalue weighted by atomic mass is 9.98. The number of hydrogen-bond acceptors (Lipinski definition) is 4. The van der Waals surface area contributed by atoms with Gasteiger partial charge in [0.25, 0.3) is 11.8 Å². The van der Waals surface area contributed by atoms with Gasteiger partial charge < -0.3 is 20.1 Å². The molecular formula is C24H30N2O4. The zero-order valence-corrected chi connectivity index (χ0v) is 17.6. The molecular weight excluding hydrogens is 380 g/mol. The molecule has 6 heteroatoms. The zero-order chi connectivity index (χ0) is 21.3. The summed E-state index contributed by atoms with van der Waals surface area (Å²) in [6.45, 7) is 5.42. The summed E-state index contributed by atoms with van der Waals surface area (Å²) in [4.78, 5) is 24.7. The van der Waals surface area contributed by atoms with E-state index < -0.39 is 0 Å². The molecule has 0 radical (unpaired) electrons. The summed E-state index contributed by atoms with van der Waals surface area (Å²) in [6, 6.07) is 14.7. The van der Waals surface area contributed by atoms with E-state index in [1.165, 1.54) is 0 Å². The van der Waals surface area contributed by atoms with E-state index in [0.29, 0.717) is 23.7 Å². The van der Waals surface area contributed by atoms with E-state index in [1.807, 2.05) is 24.3 Å². The summed E-state index contributed by atoms with van der Waals surface area (Å²) in [5, 5.41) is 5.69. The molecule has 1 heterocycles. The van der Waals surface area contributed by atoms with Gasteiger partial charge in [0, 0.05) is 24.4 Å². The van der Waals surface area contributed by atoms with E-state index in [4.69, 9.17) is 9.47 Å². The topological polar surface area (TPSA) is 76.7 Å². The number of para-hydroxylation sites is 1. The second-order valence-electron chi connectivity index (χ2n) is 7.61. The van der Waals surface area contributed by atoms with Crippen LogP contribution in [0.2, 0.25) is 0 Å². The van der Waals surface area contributed by atoms with Crippen LogP contribution in [0.1, 0.15) is 54.9 Å². The molecule has 160 valence electrons. The van der Waals surface area contributed by atoms with Gasteiger partial charge in [0.05, 0.1) is 6.10 Å². The Hall–Kier alpha value is -2.86. The van der Waals surface area contributed by atoms with Crippen LogP contribution in [0.15, 0.2) is 48.5 Å². The van der Waals surface area contributed by atoms with Crippen molar-refractivity contribution >= 4 is 17.5 Å². The summed E-state index contributed by atoms with van der Waals surface area (Å²) >= 11 is 0. The van der Waals surface area contributed by atoms with Gasteiger partial charge in [-0.1, -0.05) is 38.1 Å². The van der Waals surface area contributed by atoms with Crippen molar-refractivity contribution in [2.24, 2.45) is 0 Å². The van der Waals surface area contributed by atoms with Crippen molar-refractivity contribution in [1.82, 2.24) is 5.32 Å². The first-order chi connectivity index (χ1) is 14.6. The molecule has 1 aliphatic rings. The van der Waals surface area contributed by atoms with Gasteiger partial charge in [0.15, 0.2) is 6.61 Å². The Morgan fingerprint density at radius 1 is 1.20 bits per heavy atom. The fraction of sp³-hybridized carbons (Fsp3) is 0.417. The van der Waals surface area contributed by atoms with Gasteiger partial charge in [0.1, 0.15) is 5.75 Å². The molecule has 2 aromatic rings. The molecule has 2 aromatic carbocycles. The van der Waals surface area contributed by atoms with Crippen LogP contribution >= 0.6 is 0 Å². The minimum absolute atomic E-state index is 0.0901. The average Bonchev–Trinajstić information content (AvgIpc) is 3.29. The lowest BCUT2D eigenvalue weighted by Crippen LogP contribution is -2.31. The lowest BCUT2D eigenvalue weighted by Gasteiger charge is -2.15. The van der Waals surface area contributed by atoms with E-state index in [1.54, 1.807) is 24.3 Å². The van der Waals surface area contributed by atoms with Gasteiger partial charge in [-0.3, -0.25) is 9.59 Å². The van der Waals surface area contributed by atoms with E-state index in [0.717, 1.165) is 37.2 Å². The molecule has 1 aliphatic heterocycles.